The summed E-state index contributed by atoms with van der Waals surface area (Å²) in [6.45, 7) is 7.45. The van der Waals surface area contributed by atoms with E-state index in [2.05, 4.69) is 5.32 Å². The Morgan fingerprint density at radius 3 is 2.84 bits per heavy atom. The molecule has 0 spiro atoms. The summed E-state index contributed by atoms with van der Waals surface area (Å²) < 4.78 is 10.5. The lowest BCUT2D eigenvalue weighted by Gasteiger charge is -2.25. The van der Waals surface area contributed by atoms with Crippen LogP contribution in [0.3, 0.4) is 0 Å². The summed E-state index contributed by atoms with van der Waals surface area (Å²) in [6, 6.07) is 3.20. The van der Waals surface area contributed by atoms with Crippen molar-refractivity contribution >= 4 is 5.91 Å². The van der Waals surface area contributed by atoms with Crippen LogP contribution in [-0.2, 0) is 16.1 Å². The molecule has 0 aromatic carbocycles. The summed E-state index contributed by atoms with van der Waals surface area (Å²) in [5.74, 6) is 0.692. The van der Waals surface area contributed by atoms with E-state index < -0.39 is 6.04 Å². The topological polar surface area (TPSA) is 77.5 Å². The zero-order valence-electron chi connectivity index (χ0n) is 11.9. The molecule has 0 bridgehead atoms. The van der Waals surface area contributed by atoms with Gasteiger partial charge in [-0.2, -0.15) is 0 Å². The van der Waals surface area contributed by atoms with Crippen molar-refractivity contribution in [3.8, 4) is 0 Å². The number of ether oxygens (including phenoxy) is 1. The van der Waals surface area contributed by atoms with Crippen molar-refractivity contribution in [2.45, 2.75) is 39.8 Å². The van der Waals surface area contributed by atoms with Gasteiger partial charge in [-0.3, -0.25) is 4.79 Å². The summed E-state index contributed by atoms with van der Waals surface area (Å²) in [7, 11) is 0. The van der Waals surface area contributed by atoms with Crippen LogP contribution >= 0.6 is 0 Å². The van der Waals surface area contributed by atoms with Gasteiger partial charge < -0.3 is 20.2 Å². The molecule has 0 saturated carbocycles. The van der Waals surface area contributed by atoms with E-state index in [1.54, 1.807) is 6.26 Å². The van der Waals surface area contributed by atoms with Crippen molar-refractivity contribution < 1.29 is 13.9 Å². The molecule has 19 heavy (non-hydrogen) atoms. The lowest BCUT2D eigenvalue weighted by molar-refractivity contribution is -0.124. The molecule has 0 aliphatic rings. The molecule has 0 unspecified atom stereocenters. The molecule has 1 amide bonds. The summed E-state index contributed by atoms with van der Waals surface area (Å²) in [6.07, 6.45) is 2.37. The predicted molar refractivity (Wildman–Crippen MR) is 73.4 cm³/mol. The number of carbonyl (C=O) groups excluding carboxylic acids is 1. The highest BCUT2D eigenvalue weighted by molar-refractivity contribution is 5.82. The zero-order chi connectivity index (χ0) is 14.3. The van der Waals surface area contributed by atoms with Gasteiger partial charge in [0.2, 0.25) is 5.91 Å². The van der Waals surface area contributed by atoms with Gasteiger partial charge in [0.1, 0.15) is 12.4 Å². The first-order valence-corrected chi connectivity index (χ1v) is 6.54. The summed E-state index contributed by atoms with van der Waals surface area (Å²) in [5.41, 5.74) is 5.62. The molecule has 1 heterocycles. The highest BCUT2D eigenvalue weighted by atomic mass is 16.5. The monoisotopic (exact) mass is 268 g/mol. The van der Waals surface area contributed by atoms with Crippen LogP contribution in [-0.4, -0.2) is 25.1 Å². The fraction of sp³-hybridized carbons (Fsp3) is 0.643. The maximum atomic E-state index is 11.7. The number of carbonyl (C=O) groups is 1. The van der Waals surface area contributed by atoms with E-state index in [1.165, 1.54) is 0 Å². The minimum absolute atomic E-state index is 0.112. The van der Waals surface area contributed by atoms with Gasteiger partial charge >= 0.3 is 0 Å². The molecule has 0 radical (unpaired) electrons. The van der Waals surface area contributed by atoms with Crippen molar-refractivity contribution in [3.63, 3.8) is 0 Å². The summed E-state index contributed by atoms with van der Waals surface area (Å²) in [4.78, 5) is 11.7. The van der Waals surface area contributed by atoms with Gasteiger partial charge in [-0.25, -0.2) is 0 Å². The Bertz CT molecular complexity index is 369. The van der Waals surface area contributed by atoms with Crippen LogP contribution in [0.2, 0.25) is 0 Å². The molecule has 5 nitrogen and oxygen atoms in total. The maximum absolute atomic E-state index is 11.7. The summed E-state index contributed by atoms with van der Waals surface area (Å²) in [5, 5.41) is 2.82. The smallest absolute Gasteiger partial charge is 0.237 e. The van der Waals surface area contributed by atoms with Crippen LogP contribution < -0.4 is 11.1 Å². The Balaban J connectivity index is 2.06. The number of hydrogen-bond acceptors (Lipinski definition) is 4. The second-order valence-electron chi connectivity index (χ2n) is 5.62. The van der Waals surface area contributed by atoms with Gasteiger partial charge in [-0.1, -0.05) is 20.8 Å². The Kier molecular flexibility index (Phi) is 6.05. The van der Waals surface area contributed by atoms with Gasteiger partial charge in [0.25, 0.3) is 0 Å². The minimum Gasteiger partial charge on any atom is -0.467 e. The van der Waals surface area contributed by atoms with Crippen molar-refractivity contribution in [2.75, 3.05) is 13.2 Å². The quantitative estimate of drug-likeness (QED) is 0.737. The fourth-order valence-electron chi connectivity index (χ4n) is 1.46. The van der Waals surface area contributed by atoms with Crippen LogP contribution in [0.4, 0.5) is 0 Å². The lowest BCUT2D eigenvalue weighted by Crippen LogP contribution is -2.48. The number of hydrogen-bond donors (Lipinski definition) is 2. The minimum atomic E-state index is -0.489. The molecule has 1 aromatic rings. The number of furan rings is 1. The van der Waals surface area contributed by atoms with Crippen molar-refractivity contribution in [1.82, 2.24) is 5.32 Å². The largest absolute Gasteiger partial charge is 0.467 e. The molecule has 0 fully saturated rings. The highest BCUT2D eigenvalue weighted by Crippen LogP contribution is 2.16. The van der Waals surface area contributed by atoms with E-state index >= 15 is 0 Å². The molecule has 0 aliphatic heterocycles. The molecule has 1 rings (SSSR count). The predicted octanol–water partition coefficient (Wildman–Crippen LogP) is 1.68. The van der Waals surface area contributed by atoms with Gasteiger partial charge in [-0.05, 0) is 24.0 Å². The number of amides is 1. The van der Waals surface area contributed by atoms with E-state index in [0.29, 0.717) is 19.8 Å². The Morgan fingerprint density at radius 2 is 2.26 bits per heavy atom. The van der Waals surface area contributed by atoms with Crippen molar-refractivity contribution in [2.24, 2.45) is 11.1 Å². The third-order valence-electron chi connectivity index (χ3n) is 2.80. The average Bonchev–Trinajstić information content (AvgIpc) is 2.84. The Morgan fingerprint density at radius 1 is 1.53 bits per heavy atom. The third kappa shape index (κ3) is 5.89. The number of nitrogens with two attached hydrogens (primary N) is 1. The average molecular weight is 268 g/mol. The normalized spacial score (nSPS) is 13.3. The van der Waals surface area contributed by atoms with E-state index in [-0.39, 0.29) is 11.3 Å². The van der Waals surface area contributed by atoms with E-state index in [1.807, 2.05) is 32.9 Å². The first kappa shape index (κ1) is 15.7. The van der Waals surface area contributed by atoms with Crippen LogP contribution in [0.25, 0.3) is 0 Å². The Labute approximate surface area is 114 Å². The molecule has 1 aromatic heterocycles. The van der Waals surface area contributed by atoms with Gasteiger partial charge in [0, 0.05) is 13.2 Å². The molecular weight excluding hydrogens is 244 g/mol. The molecule has 3 N–H and O–H groups in total. The molecule has 0 aliphatic carbocycles. The first-order valence-electron chi connectivity index (χ1n) is 6.54. The zero-order valence-corrected chi connectivity index (χ0v) is 11.9. The SMILES string of the molecule is CC(C)(C)[C@@H](N)C(=O)NCCCOCc1ccco1. The van der Waals surface area contributed by atoms with Gasteiger partial charge in [-0.15, -0.1) is 0 Å². The summed E-state index contributed by atoms with van der Waals surface area (Å²) >= 11 is 0. The number of nitrogens with one attached hydrogen (secondary N) is 1. The Hall–Kier alpha value is -1.33. The molecule has 0 saturated heterocycles. The fourth-order valence-corrected chi connectivity index (χ4v) is 1.46. The highest BCUT2D eigenvalue weighted by Gasteiger charge is 2.26. The van der Waals surface area contributed by atoms with E-state index in [9.17, 15) is 4.79 Å². The van der Waals surface area contributed by atoms with E-state index in [4.69, 9.17) is 14.9 Å². The van der Waals surface area contributed by atoms with Crippen LogP contribution in [0.15, 0.2) is 22.8 Å². The molecule has 108 valence electrons. The molecule has 5 heteroatoms. The van der Waals surface area contributed by atoms with Crippen molar-refractivity contribution in [3.05, 3.63) is 24.2 Å². The number of rotatable bonds is 7. The van der Waals surface area contributed by atoms with E-state index in [0.717, 1.165) is 12.2 Å². The maximum Gasteiger partial charge on any atom is 0.237 e. The second-order valence-corrected chi connectivity index (χ2v) is 5.62. The molecule has 1 atom stereocenters. The van der Waals surface area contributed by atoms with Crippen LogP contribution in [0.5, 0.6) is 0 Å². The van der Waals surface area contributed by atoms with Gasteiger partial charge in [0.05, 0.1) is 12.3 Å². The third-order valence-corrected chi connectivity index (χ3v) is 2.80. The lowest BCUT2D eigenvalue weighted by atomic mass is 9.87. The first-order chi connectivity index (χ1) is 8.91. The van der Waals surface area contributed by atoms with Crippen LogP contribution in [0.1, 0.15) is 33.0 Å². The second kappa shape index (κ2) is 7.31. The van der Waals surface area contributed by atoms with Crippen molar-refractivity contribution in [1.29, 1.82) is 0 Å². The van der Waals surface area contributed by atoms with Gasteiger partial charge in [0.15, 0.2) is 0 Å². The standard InChI is InChI=1S/C14H24N2O3/c1-14(2,3)12(15)13(17)16-7-5-8-18-10-11-6-4-9-19-11/h4,6,9,12H,5,7-8,10,15H2,1-3H3,(H,16,17)/t12-/m0/s1. The van der Waals surface area contributed by atoms with Crippen LogP contribution in [0, 0.1) is 5.41 Å². The molecular formula is C14H24N2O3.